The molecule has 0 aliphatic carbocycles. The number of amides is 1. The van der Waals surface area contributed by atoms with Crippen LogP contribution < -0.4 is 0 Å². The molecule has 32 heavy (non-hydrogen) atoms. The van der Waals surface area contributed by atoms with Crippen molar-refractivity contribution in [3.63, 3.8) is 0 Å². The maximum Gasteiger partial charge on any atom is 0.222 e. The predicted molar refractivity (Wildman–Crippen MR) is 126 cm³/mol. The second kappa shape index (κ2) is 9.09. The van der Waals surface area contributed by atoms with Crippen LogP contribution in [0.1, 0.15) is 25.1 Å². The second-order valence-corrected chi connectivity index (χ2v) is 8.35. The number of pyridine rings is 1. The lowest BCUT2D eigenvalue weighted by molar-refractivity contribution is -0.127. The van der Waals surface area contributed by atoms with E-state index in [0.717, 1.165) is 72.2 Å². The van der Waals surface area contributed by atoms with E-state index in [1.165, 1.54) is 5.56 Å². The molecule has 0 N–H and O–H groups in total. The van der Waals surface area contributed by atoms with Gasteiger partial charge in [0.05, 0.1) is 23.8 Å². The van der Waals surface area contributed by atoms with Gasteiger partial charge >= 0.3 is 0 Å². The van der Waals surface area contributed by atoms with Crippen molar-refractivity contribution >= 4 is 27.8 Å². The normalized spacial score (nSPS) is 14.2. The molecule has 4 aromatic rings. The van der Waals surface area contributed by atoms with Crippen LogP contribution in [-0.4, -0.2) is 52.1 Å². The first-order valence-electron chi connectivity index (χ1n) is 11.3. The Hall–Kier alpha value is -3.25. The molecular weight excluding hydrogens is 400 g/mol. The minimum Gasteiger partial charge on any atom is -0.384 e. The molecule has 1 aliphatic rings. The van der Waals surface area contributed by atoms with Crippen LogP contribution in [0.4, 0.5) is 0 Å². The molecule has 2 aromatic carbocycles. The van der Waals surface area contributed by atoms with Crippen molar-refractivity contribution in [3.8, 4) is 11.1 Å². The lowest BCUT2D eigenvalue weighted by atomic mass is 10.0. The molecular formula is C26H28N4O2. The minimum atomic E-state index is 0.281. The molecule has 6 nitrogen and oxygen atoms in total. The number of aromatic nitrogens is 3. The SMILES string of the molecule is COCCc1nc2cnc3cc(-c4ccccc4)ccc3c2n1CCCN1CCCC1=O. The summed E-state index contributed by atoms with van der Waals surface area (Å²) in [7, 11) is 1.72. The van der Waals surface area contributed by atoms with Crippen LogP contribution in [0.5, 0.6) is 0 Å². The van der Waals surface area contributed by atoms with Gasteiger partial charge in [0.25, 0.3) is 0 Å². The molecule has 0 radical (unpaired) electrons. The van der Waals surface area contributed by atoms with Crippen LogP contribution in [0, 0.1) is 0 Å². The van der Waals surface area contributed by atoms with Crippen molar-refractivity contribution in [1.82, 2.24) is 19.4 Å². The quantitative estimate of drug-likeness (QED) is 0.416. The van der Waals surface area contributed by atoms with E-state index in [1.54, 1.807) is 7.11 Å². The summed E-state index contributed by atoms with van der Waals surface area (Å²) in [5, 5.41) is 1.11. The Morgan fingerprint density at radius 2 is 1.91 bits per heavy atom. The summed E-state index contributed by atoms with van der Waals surface area (Å²) in [5.74, 6) is 1.29. The number of benzene rings is 2. The molecule has 0 atom stereocenters. The number of imidazole rings is 1. The van der Waals surface area contributed by atoms with Gasteiger partial charge in [-0.15, -0.1) is 0 Å². The molecule has 0 unspecified atom stereocenters. The zero-order valence-electron chi connectivity index (χ0n) is 18.5. The molecule has 0 bridgehead atoms. The summed E-state index contributed by atoms with van der Waals surface area (Å²) >= 11 is 0. The molecule has 1 saturated heterocycles. The largest absolute Gasteiger partial charge is 0.384 e. The lowest BCUT2D eigenvalue weighted by Crippen LogP contribution is -2.26. The molecule has 3 heterocycles. The van der Waals surface area contributed by atoms with Gasteiger partial charge in [0, 0.05) is 45.0 Å². The fourth-order valence-electron chi connectivity index (χ4n) is 4.66. The van der Waals surface area contributed by atoms with Crippen molar-refractivity contribution < 1.29 is 9.53 Å². The number of carbonyl (C=O) groups is 1. The summed E-state index contributed by atoms with van der Waals surface area (Å²) < 4.78 is 7.63. The Balaban J connectivity index is 1.52. The fourth-order valence-corrected chi connectivity index (χ4v) is 4.66. The maximum atomic E-state index is 12.0. The number of nitrogens with zero attached hydrogens (tertiary/aromatic N) is 4. The Morgan fingerprint density at radius 3 is 2.69 bits per heavy atom. The molecule has 0 spiro atoms. The summed E-state index contributed by atoms with van der Waals surface area (Å²) in [5.41, 5.74) is 5.33. The zero-order chi connectivity index (χ0) is 21.9. The predicted octanol–water partition coefficient (Wildman–Crippen LogP) is 4.45. The van der Waals surface area contributed by atoms with E-state index in [-0.39, 0.29) is 5.91 Å². The topological polar surface area (TPSA) is 60.3 Å². The van der Waals surface area contributed by atoms with Crippen molar-refractivity contribution in [1.29, 1.82) is 0 Å². The second-order valence-electron chi connectivity index (χ2n) is 8.35. The van der Waals surface area contributed by atoms with Crippen LogP contribution >= 0.6 is 0 Å². The maximum absolute atomic E-state index is 12.0. The van der Waals surface area contributed by atoms with E-state index in [0.29, 0.717) is 13.0 Å². The molecule has 1 aliphatic heterocycles. The van der Waals surface area contributed by atoms with Crippen LogP contribution in [0.15, 0.2) is 54.7 Å². The number of rotatable bonds is 8. The molecule has 2 aromatic heterocycles. The van der Waals surface area contributed by atoms with Crippen molar-refractivity contribution in [3.05, 3.63) is 60.6 Å². The first kappa shape index (κ1) is 20.6. The Bertz CT molecular complexity index is 1250. The monoisotopic (exact) mass is 428 g/mol. The number of hydrogen-bond donors (Lipinski definition) is 0. The standard InChI is InChI=1S/C26H28N4O2/c1-32-16-12-24-28-23-18-27-22-17-20(19-7-3-2-4-8-19)10-11-21(22)26(23)30(24)15-6-14-29-13-5-9-25(29)31/h2-4,7-8,10-11,17-18H,5-6,9,12-16H2,1H3. The van der Waals surface area contributed by atoms with Gasteiger partial charge in [-0.2, -0.15) is 0 Å². The van der Waals surface area contributed by atoms with Gasteiger partial charge in [0.1, 0.15) is 11.3 Å². The van der Waals surface area contributed by atoms with E-state index in [1.807, 2.05) is 17.2 Å². The first-order valence-corrected chi connectivity index (χ1v) is 11.3. The number of hydrogen-bond acceptors (Lipinski definition) is 4. The number of aryl methyl sites for hydroxylation is 1. The lowest BCUT2D eigenvalue weighted by Gasteiger charge is -2.16. The highest BCUT2D eigenvalue weighted by molar-refractivity contribution is 6.03. The van der Waals surface area contributed by atoms with Crippen molar-refractivity contribution in [2.24, 2.45) is 0 Å². The third-order valence-corrected chi connectivity index (χ3v) is 6.27. The third-order valence-electron chi connectivity index (χ3n) is 6.27. The van der Waals surface area contributed by atoms with E-state index < -0.39 is 0 Å². The van der Waals surface area contributed by atoms with Crippen molar-refractivity contribution in [2.45, 2.75) is 32.2 Å². The zero-order valence-corrected chi connectivity index (χ0v) is 18.5. The molecule has 1 amide bonds. The minimum absolute atomic E-state index is 0.281. The molecule has 164 valence electrons. The van der Waals surface area contributed by atoms with Gasteiger partial charge < -0.3 is 14.2 Å². The number of carbonyl (C=O) groups excluding carboxylic acids is 1. The van der Waals surface area contributed by atoms with E-state index in [9.17, 15) is 4.79 Å². The van der Waals surface area contributed by atoms with Gasteiger partial charge in [-0.1, -0.05) is 42.5 Å². The highest BCUT2D eigenvalue weighted by Gasteiger charge is 2.20. The summed E-state index contributed by atoms with van der Waals surface area (Å²) in [6.07, 6.45) is 5.20. The summed E-state index contributed by atoms with van der Waals surface area (Å²) in [6.45, 7) is 3.12. The Kier molecular flexibility index (Phi) is 5.86. The Morgan fingerprint density at radius 1 is 1.03 bits per heavy atom. The highest BCUT2D eigenvalue weighted by atomic mass is 16.5. The third kappa shape index (κ3) is 3.98. The average Bonchev–Trinajstić information content (AvgIpc) is 3.41. The van der Waals surface area contributed by atoms with Crippen LogP contribution in [-0.2, 0) is 22.5 Å². The van der Waals surface area contributed by atoms with Crippen LogP contribution in [0.25, 0.3) is 33.1 Å². The number of fused-ring (bicyclic) bond motifs is 3. The number of likely N-dealkylation sites (tertiary alicyclic amines) is 1. The highest BCUT2D eigenvalue weighted by Crippen LogP contribution is 2.29. The van der Waals surface area contributed by atoms with E-state index in [4.69, 9.17) is 14.7 Å². The molecule has 0 saturated carbocycles. The summed E-state index contributed by atoms with van der Waals surface area (Å²) in [4.78, 5) is 23.6. The van der Waals surface area contributed by atoms with Gasteiger partial charge in [0.15, 0.2) is 0 Å². The average molecular weight is 429 g/mol. The Labute approximate surface area is 187 Å². The van der Waals surface area contributed by atoms with Gasteiger partial charge in [-0.3, -0.25) is 9.78 Å². The van der Waals surface area contributed by atoms with E-state index >= 15 is 0 Å². The van der Waals surface area contributed by atoms with Gasteiger partial charge in [-0.25, -0.2) is 4.98 Å². The molecule has 6 heteroatoms. The van der Waals surface area contributed by atoms with Crippen molar-refractivity contribution in [2.75, 3.05) is 26.8 Å². The number of ether oxygens (including phenoxy) is 1. The van der Waals surface area contributed by atoms with Crippen LogP contribution in [0.2, 0.25) is 0 Å². The molecule has 5 rings (SSSR count). The summed E-state index contributed by atoms with van der Waals surface area (Å²) in [6, 6.07) is 16.8. The van der Waals surface area contributed by atoms with Gasteiger partial charge in [0.2, 0.25) is 5.91 Å². The number of methoxy groups -OCH3 is 1. The first-order chi connectivity index (χ1) is 15.7. The smallest absolute Gasteiger partial charge is 0.222 e. The van der Waals surface area contributed by atoms with Gasteiger partial charge in [-0.05, 0) is 30.0 Å². The van der Waals surface area contributed by atoms with Crippen LogP contribution in [0.3, 0.4) is 0 Å². The fraction of sp³-hybridized carbons (Fsp3) is 0.346. The molecule has 1 fully saturated rings. The van der Waals surface area contributed by atoms with E-state index in [2.05, 4.69) is 47.0 Å².